The van der Waals surface area contributed by atoms with Gasteiger partial charge in [0.25, 0.3) is 5.91 Å². The second-order valence-electron chi connectivity index (χ2n) is 7.33. The summed E-state index contributed by atoms with van der Waals surface area (Å²) in [5, 5.41) is 4.07. The molecule has 28 heavy (non-hydrogen) atoms. The summed E-state index contributed by atoms with van der Waals surface area (Å²) in [5.74, 6) is 2.83. The van der Waals surface area contributed by atoms with E-state index < -0.39 is 0 Å². The number of aryl methyl sites for hydroxylation is 1. The molecule has 1 saturated heterocycles. The molecule has 0 bridgehead atoms. The summed E-state index contributed by atoms with van der Waals surface area (Å²) in [6.07, 6.45) is 4.07. The van der Waals surface area contributed by atoms with Crippen LogP contribution in [0.3, 0.4) is 0 Å². The molecule has 5 rings (SSSR count). The van der Waals surface area contributed by atoms with Gasteiger partial charge in [0.05, 0.1) is 4.88 Å². The molecule has 8 heteroatoms. The summed E-state index contributed by atoms with van der Waals surface area (Å²) < 4.78 is 5.33. The fourth-order valence-corrected chi connectivity index (χ4v) is 4.23. The van der Waals surface area contributed by atoms with Crippen LogP contribution < -0.4 is 4.90 Å². The minimum Gasteiger partial charge on any atom is -0.353 e. The highest BCUT2D eigenvalue weighted by molar-refractivity contribution is 7.13. The van der Waals surface area contributed by atoms with Crippen LogP contribution in [-0.4, -0.2) is 52.1 Å². The van der Waals surface area contributed by atoms with E-state index in [1.54, 1.807) is 17.5 Å². The second kappa shape index (κ2) is 7.01. The Labute approximate surface area is 167 Å². The molecule has 0 unspecified atom stereocenters. The molecule has 3 aromatic rings. The fraction of sp³-hybridized carbons (Fsp3) is 0.400. The van der Waals surface area contributed by atoms with Crippen LogP contribution in [0.1, 0.15) is 39.2 Å². The Kier molecular flexibility index (Phi) is 4.35. The zero-order valence-corrected chi connectivity index (χ0v) is 16.5. The van der Waals surface area contributed by atoms with Crippen molar-refractivity contribution in [3.8, 4) is 11.4 Å². The first-order chi connectivity index (χ1) is 13.7. The molecule has 0 N–H and O–H groups in total. The lowest BCUT2D eigenvalue weighted by Gasteiger charge is -2.35. The number of thiophene rings is 1. The van der Waals surface area contributed by atoms with Crippen LogP contribution in [0.4, 0.5) is 5.82 Å². The van der Waals surface area contributed by atoms with Gasteiger partial charge in [0.1, 0.15) is 5.82 Å². The number of amides is 1. The Morgan fingerprint density at radius 1 is 1.14 bits per heavy atom. The van der Waals surface area contributed by atoms with Gasteiger partial charge in [-0.3, -0.25) is 4.79 Å². The van der Waals surface area contributed by atoms with Gasteiger partial charge in [0.2, 0.25) is 11.7 Å². The molecule has 0 aromatic carbocycles. The standard InChI is InChI=1S/C20H21N5O2S/c1-13-2-6-16(28-13)20(26)25-10-8-24(9-11-25)17-7-5-15(12-21-17)18-22-19(27-23-18)14-3-4-14/h2,5-7,12,14H,3-4,8-11H2,1H3. The summed E-state index contributed by atoms with van der Waals surface area (Å²) in [7, 11) is 0. The number of carbonyl (C=O) groups excluding carboxylic acids is 1. The van der Waals surface area contributed by atoms with Crippen molar-refractivity contribution in [2.24, 2.45) is 0 Å². The van der Waals surface area contributed by atoms with Crippen LogP contribution in [0, 0.1) is 6.92 Å². The summed E-state index contributed by atoms with van der Waals surface area (Å²) in [4.78, 5) is 27.8. The molecule has 1 amide bonds. The maximum absolute atomic E-state index is 12.6. The largest absolute Gasteiger partial charge is 0.353 e. The van der Waals surface area contributed by atoms with Crippen LogP contribution in [0.25, 0.3) is 11.4 Å². The van der Waals surface area contributed by atoms with E-state index >= 15 is 0 Å². The predicted octanol–water partition coefficient (Wildman–Crippen LogP) is 3.34. The Bertz CT molecular complexity index is 984. The second-order valence-corrected chi connectivity index (χ2v) is 8.61. The lowest BCUT2D eigenvalue weighted by atomic mass is 10.2. The van der Waals surface area contributed by atoms with Gasteiger partial charge in [0.15, 0.2) is 0 Å². The highest BCUT2D eigenvalue weighted by Gasteiger charge is 2.30. The maximum atomic E-state index is 12.6. The van der Waals surface area contributed by atoms with Crippen LogP contribution >= 0.6 is 11.3 Å². The predicted molar refractivity (Wildman–Crippen MR) is 107 cm³/mol. The SMILES string of the molecule is Cc1ccc(C(=O)N2CCN(c3ccc(-c4noc(C5CC5)n4)cn3)CC2)s1. The van der Waals surface area contributed by atoms with Crippen LogP contribution in [-0.2, 0) is 0 Å². The number of carbonyl (C=O) groups is 1. The zero-order chi connectivity index (χ0) is 19.1. The Morgan fingerprint density at radius 2 is 1.96 bits per heavy atom. The van der Waals surface area contributed by atoms with Gasteiger partial charge in [-0.2, -0.15) is 4.98 Å². The summed E-state index contributed by atoms with van der Waals surface area (Å²) in [6.45, 7) is 4.98. The minimum absolute atomic E-state index is 0.129. The van der Waals surface area contributed by atoms with Gasteiger partial charge < -0.3 is 14.3 Å². The molecule has 144 valence electrons. The normalized spacial score (nSPS) is 17.2. The van der Waals surface area contributed by atoms with E-state index in [1.165, 1.54) is 0 Å². The number of anilines is 1. The maximum Gasteiger partial charge on any atom is 0.264 e. The van der Waals surface area contributed by atoms with E-state index in [1.807, 2.05) is 36.1 Å². The van der Waals surface area contributed by atoms with E-state index in [0.29, 0.717) is 24.8 Å². The van der Waals surface area contributed by atoms with Crippen molar-refractivity contribution in [1.82, 2.24) is 20.0 Å². The van der Waals surface area contributed by atoms with Gasteiger partial charge >= 0.3 is 0 Å². The van der Waals surface area contributed by atoms with Crippen molar-refractivity contribution in [1.29, 1.82) is 0 Å². The summed E-state index contributed by atoms with van der Waals surface area (Å²) in [6, 6.07) is 7.89. The smallest absolute Gasteiger partial charge is 0.264 e. The molecule has 3 aromatic heterocycles. The van der Waals surface area contributed by atoms with Crippen LogP contribution in [0.2, 0.25) is 0 Å². The average Bonchev–Trinajstić information content (AvgIpc) is 3.30. The quantitative estimate of drug-likeness (QED) is 0.674. The fourth-order valence-electron chi connectivity index (χ4n) is 3.40. The molecular formula is C20H21N5O2S. The molecule has 4 heterocycles. The lowest BCUT2D eigenvalue weighted by molar-refractivity contribution is 0.0751. The van der Waals surface area contributed by atoms with Crippen molar-refractivity contribution < 1.29 is 9.32 Å². The highest BCUT2D eigenvalue weighted by Crippen LogP contribution is 2.39. The summed E-state index contributed by atoms with van der Waals surface area (Å²) in [5.41, 5.74) is 0.862. The third kappa shape index (κ3) is 3.40. The number of hydrogen-bond acceptors (Lipinski definition) is 7. The molecule has 2 aliphatic rings. The van der Waals surface area contributed by atoms with E-state index in [0.717, 1.165) is 53.0 Å². The highest BCUT2D eigenvalue weighted by atomic mass is 32.1. The van der Waals surface area contributed by atoms with Crippen molar-refractivity contribution in [2.45, 2.75) is 25.7 Å². The van der Waals surface area contributed by atoms with E-state index in [-0.39, 0.29) is 5.91 Å². The minimum atomic E-state index is 0.129. The number of pyridine rings is 1. The van der Waals surface area contributed by atoms with Crippen molar-refractivity contribution in [3.63, 3.8) is 0 Å². The first kappa shape index (κ1) is 17.4. The lowest BCUT2D eigenvalue weighted by Crippen LogP contribution is -2.48. The van der Waals surface area contributed by atoms with Gasteiger partial charge in [-0.05, 0) is 44.0 Å². The Hall–Kier alpha value is -2.74. The van der Waals surface area contributed by atoms with Crippen molar-refractivity contribution >= 4 is 23.1 Å². The number of nitrogens with zero attached hydrogens (tertiary/aromatic N) is 5. The molecule has 1 aliphatic heterocycles. The average molecular weight is 395 g/mol. The molecule has 2 fully saturated rings. The molecule has 1 saturated carbocycles. The number of piperazine rings is 1. The van der Waals surface area contributed by atoms with Gasteiger partial charge in [-0.1, -0.05) is 5.16 Å². The van der Waals surface area contributed by atoms with Gasteiger partial charge in [0, 0.05) is 48.7 Å². The third-order valence-electron chi connectivity index (χ3n) is 5.22. The molecule has 1 aliphatic carbocycles. The number of rotatable bonds is 4. The number of hydrogen-bond donors (Lipinski definition) is 0. The monoisotopic (exact) mass is 395 g/mol. The van der Waals surface area contributed by atoms with Crippen molar-refractivity contribution in [3.05, 3.63) is 46.1 Å². The topological polar surface area (TPSA) is 75.4 Å². The van der Waals surface area contributed by atoms with E-state index in [4.69, 9.17) is 4.52 Å². The first-order valence-electron chi connectivity index (χ1n) is 9.58. The molecule has 0 atom stereocenters. The number of aromatic nitrogens is 3. The summed E-state index contributed by atoms with van der Waals surface area (Å²) >= 11 is 1.56. The van der Waals surface area contributed by atoms with Crippen LogP contribution in [0.5, 0.6) is 0 Å². The zero-order valence-electron chi connectivity index (χ0n) is 15.7. The van der Waals surface area contributed by atoms with E-state index in [2.05, 4.69) is 20.0 Å². The molecule has 7 nitrogen and oxygen atoms in total. The first-order valence-corrected chi connectivity index (χ1v) is 10.4. The molecule has 0 spiro atoms. The third-order valence-corrected chi connectivity index (χ3v) is 6.21. The van der Waals surface area contributed by atoms with Gasteiger partial charge in [-0.15, -0.1) is 11.3 Å². The van der Waals surface area contributed by atoms with Gasteiger partial charge in [-0.25, -0.2) is 4.98 Å². The molecular weight excluding hydrogens is 374 g/mol. The van der Waals surface area contributed by atoms with E-state index in [9.17, 15) is 4.79 Å². The Morgan fingerprint density at radius 3 is 2.61 bits per heavy atom. The van der Waals surface area contributed by atoms with Crippen molar-refractivity contribution in [2.75, 3.05) is 31.1 Å². The van der Waals surface area contributed by atoms with Crippen LogP contribution in [0.15, 0.2) is 35.0 Å². The Balaban J connectivity index is 1.22. The molecule has 0 radical (unpaired) electrons.